The van der Waals surface area contributed by atoms with Gasteiger partial charge in [0.25, 0.3) is 5.91 Å². The van der Waals surface area contributed by atoms with Crippen LogP contribution in [0.4, 0.5) is 14.5 Å². The second-order valence-corrected chi connectivity index (χ2v) is 7.04. The smallest absolute Gasteiger partial charge is 0.268 e. The van der Waals surface area contributed by atoms with Crippen molar-refractivity contribution in [2.45, 2.75) is 26.5 Å². The number of halogens is 2. The van der Waals surface area contributed by atoms with Gasteiger partial charge >= 0.3 is 0 Å². The molecular formula is C20H18F2N2O2S. The van der Waals surface area contributed by atoms with Crippen molar-refractivity contribution < 1.29 is 18.3 Å². The van der Waals surface area contributed by atoms with E-state index in [1.807, 2.05) is 12.3 Å². The molecule has 0 aliphatic rings. The number of hydrogen-bond acceptors (Lipinski definition) is 4. The number of hydrogen-bond donors (Lipinski definition) is 0. The van der Waals surface area contributed by atoms with Crippen LogP contribution < -0.4 is 9.64 Å². The second kappa shape index (κ2) is 8.26. The largest absolute Gasteiger partial charge is 0.481 e. The summed E-state index contributed by atoms with van der Waals surface area (Å²) in [5.74, 6) is -0.906. The van der Waals surface area contributed by atoms with Crippen LogP contribution in [0.1, 0.15) is 17.6 Å². The molecule has 1 atom stereocenters. The standard InChI is InChI=1S/C20H18F2N2O2S/c1-13(26-19-5-3-4-16(22)10-19)20(25)24(11-17-12-27-14(2)23-17)18-8-6-15(21)7-9-18/h3-10,12-13H,11H2,1-2H3. The molecule has 0 aliphatic heterocycles. The Morgan fingerprint density at radius 3 is 2.56 bits per heavy atom. The Balaban J connectivity index is 1.83. The minimum Gasteiger partial charge on any atom is -0.481 e. The molecule has 0 N–H and O–H groups in total. The fourth-order valence-electron chi connectivity index (χ4n) is 2.57. The van der Waals surface area contributed by atoms with E-state index in [2.05, 4.69) is 4.98 Å². The molecule has 140 valence electrons. The van der Waals surface area contributed by atoms with E-state index in [0.29, 0.717) is 5.69 Å². The van der Waals surface area contributed by atoms with Crippen molar-refractivity contribution >= 4 is 22.9 Å². The first kappa shape index (κ1) is 19.0. The van der Waals surface area contributed by atoms with Gasteiger partial charge in [0.2, 0.25) is 0 Å². The lowest BCUT2D eigenvalue weighted by Gasteiger charge is -2.25. The zero-order chi connectivity index (χ0) is 19.4. The van der Waals surface area contributed by atoms with Crippen LogP contribution in [0.15, 0.2) is 53.9 Å². The number of thiazole rings is 1. The molecule has 0 fully saturated rings. The summed E-state index contributed by atoms with van der Waals surface area (Å²) >= 11 is 1.49. The van der Waals surface area contributed by atoms with E-state index in [1.54, 1.807) is 13.0 Å². The molecule has 3 aromatic rings. The van der Waals surface area contributed by atoms with Crippen molar-refractivity contribution in [2.24, 2.45) is 0 Å². The van der Waals surface area contributed by atoms with Crippen molar-refractivity contribution in [3.05, 3.63) is 76.2 Å². The van der Waals surface area contributed by atoms with Crippen molar-refractivity contribution in [1.29, 1.82) is 0 Å². The molecular weight excluding hydrogens is 370 g/mol. The molecule has 7 heteroatoms. The highest BCUT2D eigenvalue weighted by Gasteiger charge is 2.25. The topological polar surface area (TPSA) is 42.4 Å². The number of aryl methyl sites for hydroxylation is 1. The molecule has 1 heterocycles. The molecule has 0 radical (unpaired) electrons. The van der Waals surface area contributed by atoms with Crippen LogP contribution in [0.5, 0.6) is 5.75 Å². The van der Waals surface area contributed by atoms with Gasteiger partial charge in [-0.2, -0.15) is 0 Å². The summed E-state index contributed by atoms with van der Waals surface area (Å²) in [5, 5.41) is 2.76. The Kier molecular flexibility index (Phi) is 5.81. The zero-order valence-corrected chi connectivity index (χ0v) is 15.7. The quantitative estimate of drug-likeness (QED) is 0.613. The van der Waals surface area contributed by atoms with Gasteiger partial charge in [-0.25, -0.2) is 13.8 Å². The van der Waals surface area contributed by atoms with Gasteiger partial charge < -0.3 is 9.64 Å². The highest BCUT2D eigenvalue weighted by molar-refractivity contribution is 7.09. The van der Waals surface area contributed by atoms with Crippen molar-refractivity contribution in [3.8, 4) is 5.75 Å². The summed E-state index contributed by atoms with van der Waals surface area (Å²) < 4.78 is 32.2. The van der Waals surface area contributed by atoms with E-state index in [1.165, 1.54) is 58.7 Å². The van der Waals surface area contributed by atoms with Gasteiger partial charge in [-0.3, -0.25) is 4.79 Å². The minimum atomic E-state index is -0.864. The number of amides is 1. The van der Waals surface area contributed by atoms with Crippen LogP contribution in [0.3, 0.4) is 0 Å². The van der Waals surface area contributed by atoms with Crippen LogP contribution in [0.2, 0.25) is 0 Å². The third kappa shape index (κ3) is 4.89. The van der Waals surface area contributed by atoms with Crippen molar-refractivity contribution in [3.63, 3.8) is 0 Å². The maximum Gasteiger partial charge on any atom is 0.268 e. The van der Waals surface area contributed by atoms with Gasteiger partial charge in [-0.15, -0.1) is 11.3 Å². The molecule has 1 amide bonds. The highest BCUT2D eigenvalue weighted by atomic mass is 32.1. The Morgan fingerprint density at radius 2 is 1.93 bits per heavy atom. The van der Waals surface area contributed by atoms with Crippen molar-refractivity contribution in [2.75, 3.05) is 4.90 Å². The Morgan fingerprint density at radius 1 is 1.19 bits per heavy atom. The molecule has 0 saturated carbocycles. The summed E-state index contributed by atoms with van der Waals surface area (Å²) in [6, 6.07) is 11.3. The molecule has 1 aromatic heterocycles. The first-order valence-electron chi connectivity index (χ1n) is 8.32. The molecule has 27 heavy (non-hydrogen) atoms. The van der Waals surface area contributed by atoms with Crippen molar-refractivity contribution in [1.82, 2.24) is 4.98 Å². The van der Waals surface area contributed by atoms with Gasteiger partial charge in [0, 0.05) is 17.1 Å². The van der Waals surface area contributed by atoms with E-state index >= 15 is 0 Å². The first-order chi connectivity index (χ1) is 12.9. The molecule has 3 rings (SSSR count). The summed E-state index contributed by atoms with van der Waals surface area (Å²) in [6.07, 6.45) is -0.864. The summed E-state index contributed by atoms with van der Waals surface area (Å²) in [7, 11) is 0. The lowest BCUT2D eigenvalue weighted by Crippen LogP contribution is -2.40. The SMILES string of the molecule is Cc1nc(CN(C(=O)C(C)Oc2cccc(F)c2)c2ccc(F)cc2)cs1. The molecule has 4 nitrogen and oxygen atoms in total. The number of aromatic nitrogens is 1. The van der Waals surface area contributed by atoms with Crippen LogP contribution in [-0.4, -0.2) is 17.0 Å². The second-order valence-electron chi connectivity index (χ2n) is 5.98. The summed E-state index contributed by atoms with van der Waals surface area (Å²) in [5.41, 5.74) is 1.26. The monoisotopic (exact) mass is 388 g/mol. The number of benzene rings is 2. The third-order valence-electron chi connectivity index (χ3n) is 3.85. The van der Waals surface area contributed by atoms with Gasteiger partial charge in [-0.1, -0.05) is 6.07 Å². The van der Waals surface area contributed by atoms with Crippen LogP contribution in [0, 0.1) is 18.6 Å². The molecule has 0 bridgehead atoms. The summed E-state index contributed by atoms with van der Waals surface area (Å²) in [4.78, 5) is 18.9. The minimum absolute atomic E-state index is 0.228. The number of ether oxygens (including phenoxy) is 1. The Hall–Kier alpha value is -2.80. The lowest BCUT2D eigenvalue weighted by molar-refractivity contribution is -0.124. The lowest BCUT2D eigenvalue weighted by atomic mass is 10.2. The van der Waals surface area contributed by atoms with Crippen LogP contribution >= 0.6 is 11.3 Å². The van der Waals surface area contributed by atoms with Crippen LogP contribution in [-0.2, 0) is 11.3 Å². The normalized spacial score (nSPS) is 11.9. The van der Waals surface area contributed by atoms with E-state index in [-0.39, 0.29) is 24.0 Å². The number of nitrogens with zero attached hydrogens (tertiary/aromatic N) is 2. The predicted octanol–water partition coefficient (Wildman–Crippen LogP) is 4.73. The molecule has 0 aliphatic carbocycles. The van der Waals surface area contributed by atoms with Gasteiger partial charge in [-0.05, 0) is 50.2 Å². The Bertz CT molecular complexity index is 928. The molecule has 2 aromatic carbocycles. The van der Waals surface area contributed by atoms with Gasteiger partial charge in [0.15, 0.2) is 6.10 Å². The predicted molar refractivity (Wildman–Crippen MR) is 101 cm³/mol. The third-order valence-corrected chi connectivity index (χ3v) is 4.67. The number of anilines is 1. The zero-order valence-electron chi connectivity index (χ0n) is 14.9. The van der Waals surface area contributed by atoms with E-state index in [0.717, 1.165) is 10.7 Å². The van der Waals surface area contributed by atoms with E-state index in [9.17, 15) is 13.6 Å². The van der Waals surface area contributed by atoms with E-state index in [4.69, 9.17) is 4.74 Å². The summed E-state index contributed by atoms with van der Waals surface area (Å²) in [6.45, 7) is 3.70. The fraction of sp³-hybridized carbons (Fsp3) is 0.200. The van der Waals surface area contributed by atoms with Gasteiger partial charge in [0.05, 0.1) is 17.2 Å². The number of carbonyl (C=O) groups excluding carboxylic acids is 1. The maximum absolute atomic E-state index is 13.4. The molecule has 1 unspecified atom stereocenters. The molecule has 0 saturated heterocycles. The number of carbonyl (C=O) groups is 1. The first-order valence-corrected chi connectivity index (χ1v) is 9.20. The number of rotatable bonds is 6. The van der Waals surface area contributed by atoms with Gasteiger partial charge in [0.1, 0.15) is 17.4 Å². The maximum atomic E-state index is 13.4. The van der Waals surface area contributed by atoms with Crippen LogP contribution in [0.25, 0.3) is 0 Å². The Labute approximate surface area is 160 Å². The molecule has 0 spiro atoms. The fourth-order valence-corrected chi connectivity index (χ4v) is 3.18. The highest BCUT2D eigenvalue weighted by Crippen LogP contribution is 2.22. The average molecular weight is 388 g/mol. The average Bonchev–Trinajstić information content (AvgIpc) is 3.05. The van der Waals surface area contributed by atoms with E-state index < -0.39 is 11.9 Å².